The Bertz CT molecular complexity index is 762. The van der Waals surface area contributed by atoms with E-state index in [-0.39, 0.29) is 11.9 Å². The number of ether oxygens (including phenoxy) is 1. The number of thiophene rings is 1. The number of anilines is 1. The number of carbonyl (C=O) groups is 2. The smallest absolute Gasteiger partial charge is 0.341 e. The molecule has 0 saturated carbocycles. The number of amides is 1. The van der Waals surface area contributed by atoms with Crippen LogP contribution in [0.5, 0.6) is 0 Å². The van der Waals surface area contributed by atoms with Gasteiger partial charge in [-0.2, -0.15) is 0 Å². The molecule has 0 atom stereocenters. The molecule has 3 rings (SSSR count). The highest BCUT2D eigenvalue weighted by Gasteiger charge is 2.27. The number of nitrogens with one attached hydrogen (secondary N) is 1. The quantitative estimate of drug-likeness (QED) is 0.688. The SMILES string of the molecule is COC(=O)c1c(NC(=O)/C=C/c2ccccc2)sc2c1CCC2. The topological polar surface area (TPSA) is 55.4 Å². The largest absolute Gasteiger partial charge is 0.465 e. The Hall–Kier alpha value is -2.40. The predicted molar refractivity (Wildman–Crippen MR) is 91.8 cm³/mol. The number of benzene rings is 1. The van der Waals surface area contributed by atoms with Crippen molar-refractivity contribution < 1.29 is 14.3 Å². The van der Waals surface area contributed by atoms with Gasteiger partial charge in [0.2, 0.25) is 5.91 Å². The molecule has 2 aromatic rings. The van der Waals surface area contributed by atoms with E-state index in [1.807, 2.05) is 30.3 Å². The second-order valence-electron chi connectivity index (χ2n) is 5.29. The van der Waals surface area contributed by atoms with E-state index in [9.17, 15) is 9.59 Å². The summed E-state index contributed by atoms with van der Waals surface area (Å²) in [6.45, 7) is 0. The first-order valence-corrected chi connectivity index (χ1v) is 8.27. The van der Waals surface area contributed by atoms with E-state index < -0.39 is 0 Å². The van der Waals surface area contributed by atoms with E-state index >= 15 is 0 Å². The summed E-state index contributed by atoms with van der Waals surface area (Å²) in [6.07, 6.45) is 6.09. The Balaban J connectivity index is 1.79. The summed E-state index contributed by atoms with van der Waals surface area (Å²) in [5.41, 5.74) is 2.50. The third kappa shape index (κ3) is 3.35. The number of hydrogen-bond acceptors (Lipinski definition) is 4. The molecule has 1 aromatic carbocycles. The normalized spacial score (nSPS) is 13.1. The predicted octanol–water partition coefficient (Wildman–Crippen LogP) is 3.68. The molecule has 0 radical (unpaired) electrons. The van der Waals surface area contributed by atoms with Gasteiger partial charge in [0.15, 0.2) is 0 Å². The Kier molecular flexibility index (Phi) is 4.57. The van der Waals surface area contributed by atoms with Gasteiger partial charge >= 0.3 is 5.97 Å². The number of esters is 1. The number of aryl methyl sites for hydroxylation is 1. The van der Waals surface area contributed by atoms with Crippen LogP contribution < -0.4 is 5.32 Å². The standard InChI is InChI=1S/C18H17NO3S/c1-22-18(21)16-13-8-5-9-14(13)23-17(16)19-15(20)11-10-12-6-3-2-4-7-12/h2-4,6-7,10-11H,5,8-9H2,1H3,(H,19,20)/b11-10+. The maximum Gasteiger partial charge on any atom is 0.341 e. The van der Waals surface area contributed by atoms with Gasteiger partial charge < -0.3 is 10.1 Å². The van der Waals surface area contributed by atoms with Crippen LogP contribution in [0.3, 0.4) is 0 Å². The van der Waals surface area contributed by atoms with Crippen LogP contribution in [-0.4, -0.2) is 19.0 Å². The van der Waals surface area contributed by atoms with E-state index in [1.165, 1.54) is 29.4 Å². The molecule has 1 aromatic heterocycles. The molecule has 1 heterocycles. The first kappa shape index (κ1) is 15.5. The van der Waals surface area contributed by atoms with Gasteiger partial charge in [0.05, 0.1) is 12.7 Å². The maximum atomic E-state index is 12.1. The van der Waals surface area contributed by atoms with Crippen molar-refractivity contribution in [3.63, 3.8) is 0 Å². The molecule has 0 unspecified atom stereocenters. The molecule has 0 saturated heterocycles. The first-order valence-electron chi connectivity index (χ1n) is 7.46. The van der Waals surface area contributed by atoms with Crippen LogP contribution in [0.1, 0.15) is 32.8 Å². The molecule has 23 heavy (non-hydrogen) atoms. The van der Waals surface area contributed by atoms with E-state index in [2.05, 4.69) is 5.32 Å². The summed E-state index contributed by atoms with van der Waals surface area (Å²) < 4.78 is 4.87. The van der Waals surface area contributed by atoms with E-state index in [4.69, 9.17) is 4.74 Å². The van der Waals surface area contributed by atoms with Crippen molar-refractivity contribution in [1.82, 2.24) is 0 Å². The lowest BCUT2D eigenvalue weighted by molar-refractivity contribution is -0.111. The highest BCUT2D eigenvalue weighted by Crippen LogP contribution is 2.39. The van der Waals surface area contributed by atoms with Gasteiger partial charge in [0, 0.05) is 11.0 Å². The van der Waals surface area contributed by atoms with Crippen LogP contribution in [-0.2, 0) is 22.4 Å². The molecule has 1 N–H and O–H groups in total. The third-order valence-corrected chi connectivity index (χ3v) is 4.98. The molecule has 0 bridgehead atoms. The zero-order valence-corrected chi connectivity index (χ0v) is 13.6. The molecule has 0 aliphatic heterocycles. The van der Waals surface area contributed by atoms with Gasteiger partial charge in [-0.25, -0.2) is 4.79 Å². The summed E-state index contributed by atoms with van der Waals surface area (Å²) in [5, 5.41) is 3.40. The van der Waals surface area contributed by atoms with Crippen molar-refractivity contribution in [3.05, 3.63) is 58.0 Å². The summed E-state index contributed by atoms with van der Waals surface area (Å²) in [6, 6.07) is 9.59. The van der Waals surface area contributed by atoms with Crippen molar-refractivity contribution in [2.45, 2.75) is 19.3 Å². The van der Waals surface area contributed by atoms with Gasteiger partial charge in [0.25, 0.3) is 0 Å². The van der Waals surface area contributed by atoms with Gasteiger partial charge in [-0.3, -0.25) is 4.79 Å². The minimum Gasteiger partial charge on any atom is -0.465 e. The van der Waals surface area contributed by atoms with Crippen molar-refractivity contribution in [3.8, 4) is 0 Å². The number of rotatable bonds is 4. The average Bonchev–Trinajstić information content (AvgIpc) is 3.14. The minimum atomic E-state index is -0.383. The zero-order chi connectivity index (χ0) is 16.2. The summed E-state index contributed by atoms with van der Waals surface area (Å²) in [5.74, 6) is -0.634. The van der Waals surface area contributed by atoms with Crippen LogP contribution in [0.4, 0.5) is 5.00 Å². The lowest BCUT2D eigenvalue weighted by atomic mass is 10.1. The fraction of sp³-hybridized carbons (Fsp3) is 0.222. The number of carbonyl (C=O) groups excluding carboxylic acids is 2. The Morgan fingerprint density at radius 2 is 2.00 bits per heavy atom. The van der Waals surface area contributed by atoms with Gasteiger partial charge in [-0.05, 0) is 36.5 Å². The average molecular weight is 327 g/mol. The molecule has 0 spiro atoms. The Morgan fingerprint density at radius 1 is 1.22 bits per heavy atom. The van der Waals surface area contributed by atoms with Crippen molar-refractivity contribution in [2.75, 3.05) is 12.4 Å². The van der Waals surface area contributed by atoms with Crippen LogP contribution in [0.2, 0.25) is 0 Å². The molecule has 1 aliphatic rings. The molecule has 0 fully saturated rings. The highest BCUT2D eigenvalue weighted by atomic mass is 32.1. The third-order valence-electron chi connectivity index (χ3n) is 3.77. The molecule has 1 aliphatic carbocycles. The molecule has 5 heteroatoms. The van der Waals surface area contributed by atoms with Gasteiger partial charge in [-0.15, -0.1) is 11.3 Å². The van der Waals surface area contributed by atoms with E-state index in [0.717, 1.165) is 30.4 Å². The van der Waals surface area contributed by atoms with Crippen LogP contribution in [0.25, 0.3) is 6.08 Å². The molecule has 1 amide bonds. The van der Waals surface area contributed by atoms with Gasteiger partial charge in [0.1, 0.15) is 5.00 Å². The Labute approximate surface area is 138 Å². The maximum absolute atomic E-state index is 12.1. The molecular weight excluding hydrogens is 310 g/mol. The second kappa shape index (κ2) is 6.79. The van der Waals surface area contributed by atoms with Crippen LogP contribution >= 0.6 is 11.3 Å². The van der Waals surface area contributed by atoms with Crippen molar-refractivity contribution in [2.24, 2.45) is 0 Å². The first-order chi connectivity index (χ1) is 11.2. The summed E-state index contributed by atoms with van der Waals surface area (Å²) in [7, 11) is 1.36. The second-order valence-corrected chi connectivity index (χ2v) is 6.39. The van der Waals surface area contributed by atoms with E-state index in [0.29, 0.717) is 10.6 Å². The molecule has 118 valence electrons. The highest BCUT2D eigenvalue weighted by molar-refractivity contribution is 7.17. The number of hydrogen-bond donors (Lipinski definition) is 1. The van der Waals surface area contributed by atoms with Gasteiger partial charge in [-0.1, -0.05) is 30.3 Å². The summed E-state index contributed by atoms with van der Waals surface area (Å²) in [4.78, 5) is 25.3. The monoisotopic (exact) mass is 327 g/mol. The minimum absolute atomic E-state index is 0.251. The van der Waals surface area contributed by atoms with E-state index in [1.54, 1.807) is 6.08 Å². The van der Waals surface area contributed by atoms with Crippen molar-refractivity contribution >= 4 is 34.3 Å². The number of fused-ring (bicyclic) bond motifs is 1. The molecule has 4 nitrogen and oxygen atoms in total. The fourth-order valence-corrected chi connectivity index (χ4v) is 3.98. The molecular formula is C18H17NO3S. The fourth-order valence-electron chi connectivity index (χ4n) is 2.70. The zero-order valence-electron chi connectivity index (χ0n) is 12.8. The summed E-state index contributed by atoms with van der Waals surface area (Å²) >= 11 is 1.48. The van der Waals surface area contributed by atoms with Crippen molar-refractivity contribution in [1.29, 1.82) is 0 Å². The lowest BCUT2D eigenvalue weighted by Gasteiger charge is -2.05. The lowest BCUT2D eigenvalue weighted by Crippen LogP contribution is -2.12. The Morgan fingerprint density at radius 3 is 2.74 bits per heavy atom. The van der Waals surface area contributed by atoms with Crippen LogP contribution in [0.15, 0.2) is 36.4 Å². The van der Waals surface area contributed by atoms with Crippen LogP contribution in [0, 0.1) is 0 Å². The number of methoxy groups -OCH3 is 1.